The quantitative estimate of drug-likeness (QED) is 0.377. The molecule has 92 valence electrons. The van der Waals surface area contributed by atoms with Crippen LogP contribution in [-0.4, -0.2) is 12.5 Å². The highest BCUT2D eigenvalue weighted by atomic mass is 79.9. The Bertz CT molecular complexity index is 433. The summed E-state index contributed by atoms with van der Waals surface area (Å²) in [6.07, 6.45) is 2.47. The number of carbonyl (C=O) groups is 1. The molecular weight excluding hydrogens is 284 g/mol. The standard InChI is InChI=1S/C12H15BrN2O2/c1-3-4-9-5-8(2)6-10(13)12(9)17-7-11(16)15-14/h3,5-6H,1,4,7,14H2,2H3,(H,15,16). The molecule has 5 heteroatoms. The van der Waals surface area contributed by atoms with Crippen molar-refractivity contribution >= 4 is 21.8 Å². The van der Waals surface area contributed by atoms with E-state index in [0.29, 0.717) is 12.2 Å². The lowest BCUT2D eigenvalue weighted by molar-refractivity contribution is -0.123. The summed E-state index contributed by atoms with van der Waals surface area (Å²) in [7, 11) is 0. The van der Waals surface area contributed by atoms with Gasteiger partial charge in [-0.1, -0.05) is 12.1 Å². The second kappa shape index (κ2) is 6.42. The number of amides is 1. The van der Waals surface area contributed by atoms with Gasteiger partial charge in [0.15, 0.2) is 6.61 Å². The van der Waals surface area contributed by atoms with Gasteiger partial charge >= 0.3 is 0 Å². The van der Waals surface area contributed by atoms with Crippen LogP contribution in [0.15, 0.2) is 29.3 Å². The molecule has 0 aliphatic heterocycles. The van der Waals surface area contributed by atoms with Crippen molar-refractivity contribution in [2.24, 2.45) is 5.84 Å². The Morgan fingerprint density at radius 1 is 1.65 bits per heavy atom. The number of ether oxygens (including phenoxy) is 1. The molecule has 0 radical (unpaired) electrons. The molecular formula is C12H15BrN2O2. The fourth-order valence-electron chi connectivity index (χ4n) is 1.45. The summed E-state index contributed by atoms with van der Waals surface area (Å²) in [5, 5.41) is 0. The lowest BCUT2D eigenvalue weighted by Gasteiger charge is -2.13. The monoisotopic (exact) mass is 298 g/mol. The van der Waals surface area contributed by atoms with Crippen LogP contribution >= 0.6 is 15.9 Å². The molecule has 3 N–H and O–H groups in total. The molecule has 0 aliphatic rings. The molecule has 0 atom stereocenters. The van der Waals surface area contributed by atoms with E-state index < -0.39 is 0 Å². The van der Waals surface area contributed by atoms with Crippen molar-refractivity contribution in [1.29, 1.82) is 0 Å². The van der Waals surface area contributed by atoms with E-state index in [-0.39, 0.29) is 12.5 Å². The van der Waals surface area contributed by atoms with E-state index in [0.717, 1.165) is 15.6 Å². The number of nitrogens with one attached hydrogen (secondary N) is 1. The van der Waals surface area contributed by atoms with Crippen LogP contribution in [0.25, 0.3) is 0 Å². The van der Waals surface area contributed by atoms with Crippen LogP contribution in [0.1, 0.15) is 11.1 Å². The van der Waals surface area contributed by atoms with E-state index in [1.54, 1.807) is 6.08 Å². The number of hydrogen-bond acceptors (Lipinski definition) is 3. The van der Waals surface area contributed by atoms with Crippen LogP contribution in [0.5, 0.6) is 5.75 Å². The zero-order valence-corrected chi connectivity index (χ0v) is 11.2. The van der Waals surface area contributed by atoms with Crippen LogP contribution in [0.3, 0.4) is 0 Å². The summed E-state index contributed by atoms with van der Waals surface area (Å²) in [6.45, 7) is 5.58. The number of halogens is 1. The van der Waals surface area contributed by atoms with Gasteiger partial charge in [-0.2, -0.15) is 0 Å². The molecule has 1 aromatic carbocycles. The van der Waals surface area contributed by atoms with Crippen molar-refractivity contribution in [2.75, 3.05) is 6.61 Å². The van der Waals surface area contributed by atoms with Gasteiger partial charge in [-0.25, -0.2) is 5.84 Å². The lowest BCUT2D eigenvalue weighted by atomic mass is 10.1. The Balaban J connectivity index is 2.95. The molecule has 0 aliphatic carbocycles. The number of hydrazine groups is 1. The van der Waals surface area contributed by atoms with Gasteiger partial charge in [0, 0.05) is 0 Å². The Morgan fingerprint density at radius 2 is 2.35 bits per heavy atom. The Labute approximate surface area is 109 Å². The Morgan fingerprint density at radius 3 is 2.94 bits per heavy atom. The molecule has 0 unspecified atom stereocenters. The first kappa shape index (κ1) is 13.7. The van der Waals surface area contributed by atoms with E-state index in [2.05, 4.69) is 22.5 Å². The number of carbonyl (C=O) groups excluding carboxylic acids is 1. The molecule has 0 fully saturated rings. The molecule has 0 aromatic heterocycles. The molecule has 0 saturated heterocycles. The van der Waals surface area contributed by atoms with E-state index in [1.807, 2.05) is 24.5 Å². The van der Waals surface area contributed by atoms with Crippen LogP contribution in [0, 0.1) is 6.92 Å². The van der Waals surface area contributed by atoms with Gasteiger partial charge in [-0.3, -0.25) is 10.2 Å². The topological polar surface area (TPSA) is 64.3 Å². The maximum atomic E-state index is 11.0. The predicted octanol–water partition coefficient (Wildman–Crippen LogP) is 1.85. The van der Waals surface area contributed by atoms with Gasteiger partial charge in [0.05, 0.1) is 4.47 Å². The molecule has 0 spiro atoms. The summed E-state index contributed by atoms with van der Waals surface area (Å²) in [5.41, 5.74) is 4.12. The third kappa shape index (κ3) is 3.87. The first-order chi connectivity index (χ1) is 8.08. The SMILES string of the molecule is C=CCc1cc(C)cc(Br)c1OCC(=O)NN. The van der Waals surface area contributed by atoms with E-state index in [1.165, 1.54) is 0 Å². The lowest BCUT2D eigenvalue weighted by Crippen LogP contribution is -2.34. The highest BCUT2D eigenvalue weighted by Crippen LogP contribution is 2.31. The van der Waals surface area contributed by atoms with Gasteiger partial charge in [0.1, 0.15) is 5.75 Å². The Hall–Kier alpha value is -1.33. The molecule has 1 amide bonds. The van der Waals surface area contributed by atoms with Gasteiger partial charge < -0.3 is 4.74 Å². The third-order valence-corrected chi connectivity index (χ3v) is 2.73. The van der Waals surface area contributed by atoms with Gasteiger partial charge in [-0.15, -0.1) is 6.58 Å². The van der Waals surface area contributed by atoms with Crippen LogP contribution in [0.4, 0.5) is 0 Å². The number of nitrogens with two attached hydrogens (primary N) is 1. The predicted molar refractivity (Wildman–Crippen MR) is 70.6 cm³/mol. The van der Waals surface area contributed by atoms with Crippen LogP contribution in [0.2, 0.25) is 0 Å². The number of benzene rings is 1. The van der Waals surface area contributed by atoms with Crippen LogP contribution in [-0.2, 0) is 11.2 Å². The van der Waals surface area contributed by atoms with Crippen molar-refractivity contribution in [1.82, 2.24) is 5.43 Å². The number of allylic oxidation sites excluding steroid dienone is 1. The number of rotatable bonds is 5. The van der Waals surface area contributed by atoms with E-state index >= 15 is 0 Å². The normalized spacial score (nSPS) is 9.82. The molecule has 1 rings (SSSR count). The number of hydrogen-bond donors (Lipinski definition) is 2. The van der Waals surface area contributed by atoms with Crippen LogP contribution < -0.4 is 16.0 Å². The molecule has 0 bridgehead atoms. The molecule has 17 heavy (non-hydrogen) atoms. The summed E-state index contributed by atoms with van der Waals surface area (Å²) in [4.78, 5) is 11.0. The van der Waals surface area contributed by atoms with Crippen molar-refractivity contribution in [2.45, 2.75) is 13.3 Å². The largest absolute Gasteiger partial charge is 0.482 e. The molecule has 4 nitrogen and oxygen atoms in total. The summed E-state index contributed by atoms with van der Waals surface area (Å²) in [5.74, 6) is 5.27. The zero-order chi connectivity index (χ0) is 12.8. The zero-order valence-electron chi connectivity index (χ0n) is 9.63. The number of aryl methyl sites for hydroxylation is 1. The van der Waals surface area contributed by atoms with Crippen molar-refractivity contribution in [3.05, 3.63) is 40.4 Å². The van der Waals surface area contributed by atoms with Gasteiger partial charge in [-0.05, 0) is 46.5 Å². The summed E-state index contributed by atoms with van der Waals surface area (Å²) >= 11 is 3.42. The highest BCUT2D eigenvalue weighted by Gasteiger charge is 2.10. The highest BCUT2D eigenvalue weighted by molar-refractivity contribution is 9.10. The minimum absolute atomic E-state index is 0.109. The second-order valence-corrected chi connectivity index (χ2v) is 4.44. The fourth-order valence-corrected chi connectivity index (χ4v) is 2.18. The van der Waals surface area contributed by atoms with E-state index in [4.69, 9.17) is 10.6 Å². The second-order valence-electron chi connectivity index (χ2n) is 3.58. The Kier molecular flexibility index (Phi) is 5.18. The smallest absolute Gasteiger partial charge is 0.271 e. The minimum Gasteiger partial charge on any atom is -0.482 e. The van der Waals surface area contributed by atoms with E-state index in [9.17, 15) is 4.79 Å². The van der Waals surface area contributed by atoms with Gasteiger partial charge in [0.25, 0.3) is 5.91 Å². The van der Waals surface area contributed by atoms with Gasteiger partial charge in [0.2, 0.25) is 0 Å². The maximum absolute atomic E-state index is 11.0. The minimum atomic E-state index is -0.373. The van der Waals surface area contributed by atoms with Crippen molar-refractivity contribution in [3.63, 3.8) is 0 Å². The average Bonchev–Trinajstić information content (AvgIpc) is 2.27. The molecule has 0 saturated carbocycles. The maximum Gasteiger partial charge on any atom is 0.271 e. The van der Waals surface area contributed by atoms with Crippen molar-refractivity contribution < 1.29 is 9.53 Å². The molecule has 0 heterocycles. The first-order valence-electron chi connectivity index (χ1n) is 5.10. The first-order valence-corrected chi connectivity index (χ1v) is 5.90. The summed E-state index contributed by atoms with van der Waals surface area (Å²) in [6, 6.07) is 3.93. The molecule has 1 aromatic rings. The fraction of sp³-hybridized carbons (Fsp3) is 0.250. The average molecular weight is 299 g/mol. The third-order valence-electron chi connectivity index (χ3n) is 2.14. The van der Waals surface area contributed by atoms with Crippen molar-refractivity contribution in [3.8, 4) is 5.75 Å². The summed E-state index contributed by atoms with van der Waals surface area (Å²) < 4.78 is 6.26.